The third-order valence-corrected chi connectivity index (χ3v) is 3.32. The number of carboxylic acids is 1. The van der Waals surface area contributed by atoms with Crippen LogP contribution in [0, 0.1) is 0 Å². The second-order valence-electron chi connectivity index (χ2n) is 4.92. The number of imide groups is 1. The van der Waals surface area contributed by atoms with Crippen molar-refractivity contribution in [3.05, 3.63) is 0 Å². The summed E-state index contributed by atoms with van der Waals surface area (Å²) in [7, 11) is 1.34. The fourth-order valence-corrected chi connectivity index (χ4v) is 1.59. The van der Waals surface area contributed by atoms with E-state index in [-0.39, 0.29) is 6.54 Å². The number of urea groups is 1. The lowest BCUT2D eigenvalue weighted by atomic mass is 10.0. The van der Waals surface area contributed by atoms with E-state index in [0.29, 0.717) is 0 Å². The van der Waals surface area contributed by atoms with Crippen LogP contribution in [0.2, 0.25) is 0 Å². The van der Waals surface area contributed by atoms with Crippen LogP contribution in [0.3, 0.4) is 0 Å². The first-order chi connectivity index (χ1) is 8.59. The Morgan fingerprint density at radius 3 is 2.32 bits per heavy atom. The summed E-state index contributed by atoms with van der Waals surface area (Å²) in [6, 6.07) is -1.66. The highest BCUT2D eigenvalue weighted by Gasteiger charge is 2.46. The molecule has 106 valence electrons. The van der Waals surface area contributed by atoms with Crippen molar-refractivity contribution in [2.24, 2.45) is 0 Å². The summed E-state index contributed by atoms with van der Waals surface area (Å²) in [4.78, 5) is 47.9. The van der Waals surface area contributed by atoms with Crippen LogP contribution in [-0.2, 0) is 14.4 Å². The van der Waals surface area contributed by atoms with Crippen LogP contribution >= 0.6 is 0 Å². The minimum Gasteiger partial charge on any atom is -0.480 e. The molecule has 8 nitrogen and oxygen atoms in total. The lowest BCUT2D eigenvalue weighted by Crippen LogP contribution is -2.51. The topological polar surface area (TPSA) is 107 Å². The monoisotopic (exact) mass is 271 g/mol. The molecule has 8 heteroatoms. The maximum absolute atomic E-state index is 11.9. The molecule has 1 aliphatic rings. The van der Waals surface area contributed by atoms with Gasteiger partial charge in [-0.05, 0) is 20.8 Å². The van der Waals surface area contributed by atoms with Gasteiger partial charge in [-0.25, -0.2) is 9.59 Å². The number of likely N-dealkylation sites (N-methyl/N-ethyl adjacent to an activating group) is 1. The smallest absolute Gasteiger partial charge is 0.326 e. The standard InChI is InChI=1S/C11H17N3O5/c1-6(8(16)17)13(4)7(15)5-14-10(19)12-9(18)11(14,2)3/h6H,5H2,1-4H3,(H,16,17)(H,12,18,19)/t6-/m1/s1. The Bertz CT molecular complexity index is 446. The van der Waals surface area contributed by atoms with Gasteiger partial charge < -0.3 is 14.9 Å². The highest BCUT2D eigenvalue weighted by molar-refractivity contribution is 6.07. The van der Waals surface area contributed by atoms with Crippen LogP contribution in [0.5, 0.6) is 0 Å². The molecule has 1 fully saturated rings. The van der Waals surface area contributed by atoms with Gasteiger partial charge in [0.1, 0.15) is 18.1 Å². The van der Waals surface area contributed by atoms with Crippen LogP contribution in [0.15, 0.2) is 0 Å². The first-order valence-corrected chi connectivity index (χ1v) is 5.70. The van der Waals surface area contributed by atoms with Crippen LogP contribution in [0.4, 0.5) is 4.79 Å². The van der Waals surface area contributed by atoms with Gasteiger partial charge in [0, 0.05) is 7.05 Å². The molecule has 19 heavy (non-hydrogen) atoms. The van der Waals surface area contributed by atoms with Crippen molar-refractivity contribution >= 4 is 23.8 Å². The van der Waals surface area contributed by atoms with E-state index in [1.165, 1.54) is 27.8 Å². The van der Waals surface area contributed by atoms with Gasteiger partial charge in [-0.2, -0.15) is 0 Å². The van der Waals surface area contributed by atoms with Gasteiger partial charge in [-0.3, -0.25) is 14.9 Å². The van der Waals surface area contributed by atoms with Crippen molar-refractivity contribution in [1.82, 2.24) is 15.1 Å². The maximum Gasteiger partial charge on any atom is 0.326 e. The number of carboxylic acid groups (broad SMARTS) is 1. The third-order valence-electron chi connectivity index (χ3n) is 3.32. The van der Waals surface area contributed by atoms with Crippen LogP contribution in [-0.4, -0.2) is 63.9 Å². The molecular formula is C11H17N3O5. The molecule has 0 aromatic rings. The van der Waals surface area contributed by atoms with Gasteiger partial charge in [-0.1, -0.05) is 0 Å². The fourth-order valence-electron chi connectivity index (χ4n) is 1.59. The number of carbonyl (C=O) groups excluding carboxylic acids is 3. The summed E-state index contributed by atoms with van der Waals surface area (Å²) >= 11 is 0. The summed E-state index contributed by atoms with van der Waals surface area (Å²) in [5.41, 5.74) is -1.12. The molecule has 1 aliphatic heterocycles. The molecule has 0 aromatic heterocycles. The summed E-state index contributed by atoms with van der Waals surface area (Å²) in [6.07, 6.45) is 0. The van der Waals surface area contributed by atoms with E-state index >= 15 is 0 Å². The van der Waals surface area contributed by atoms with Crippen LogP contribution < -0.4 is 5.32 Å². The first-order valence-electron chi connectivity index (χ1n) is 5.70. The third kappa shape index (κ3) is 2.67. The predicted molar refractivity (Wildman–Crippen MR) is 64.2 cm³/mol. The van der Waals surface area contributed by atoms with Gasteiger partial charge in [0.15, 0.2) is 0 Å². The van der Waals surface area contributed by atoms with Gasteiger partial charge in [0.25, 0.3) is 5.91 Å². The predicted octanol–water partition coefficient (Wildman–Crippen LogP) is -0.752. The molecule has 0 aliphatic carbocycles. The molecule has 4 amide bonds. The number of hydrogen-bond acceptors (Lipinski definition) is 4. The van der Waals surface area contributed by atoms with Crippen molar-refractivity contribution in [3.63, 3.8) is 0 Å². The normalized spacial score (nSPS) is 19.1. The molecule has 0 unspecified atom stereocenters. The number of aliphatic carboxylic acids is 1. The van der Waals surface area contributed by atoms with Crippen LogP contribution in [0.1, 0.15) is 20.8 Å². The molecule has 0 aromatic carbocycles. The largest absolute Gasteiger partial charge is 0.480 e. The lowest BCUT2D eigenvalue weighted by molar-refractivity contribution is -0.148. The Labute approximate surface area is 110 Å². The van der Waals surface area contributed by atoms with E-state index in [1.807, 2.05) is 0 Å². The van der Waals surface area contributed by atoms with E-state index in [4.69, 9.17) is 5.11 Å². The van der Waals surface area contributed by atoms with Crippen molar-refractivity contribution in [2.75, 3.05) is 13.6 Å². The minimum atomic E-state index is -1.14. The van der Waals surface area contributed by atoms with Gasteiger partial charge in [-0.15, -0.1) is 0 Å². The van der Waals surface area contributed by atoms with Gasteiger partial charge in [0.2, 0.25) is 5.91 Å². The number of nitrogens with one attached hydrogen (secondary N) is 1. The van der Waals surface area contributed by atoms with E-state index in [0.717, 1.165) is 9.80 Å². The highest BCUT2D eigenvalue weighted by atomic mass is 16.4. The number of amides is 4. The molecule has 1 saturated heterocycles. The maximum atomic E-state index is 11.9. The fraction of sp³-hybridized carbons (Fsp3) is 0.636. The first kappa shape index (κ1) is 14.9. The Morgan fingerprint density at radius 2 is 1.95 bits per heavy atom. The average Bonchev–Trinajstić information content (AvgIpc) is 2.49. The quantitative estimate of drug-likeness (QED) is 0.654. The zero-order valence-electron chi connectivity index (χ0n) is 11.3. The zero-order chi connectivity index (χ0) is 15.0. The van der Waals surface area contributed by atoms with Crippen molar-refractivity contribution in [3.8, 4) is 0 Å². The number of nitrogens with zero attached hydrogens (tertiary/aromatic N) is 2. The average molecular weight is 271 g/mol. The molecule has 0 radical (unpaired) electrons. The number of carbonyl (C=O) groups is 4. The second-order valence-corrected chi connectivity index (χ2v) is 4.92. The van der Waals surface area contributed by atoms with Crippen molar-refractivity contribution < 1.29 is 24.3 Å². The summed E-state index contributed by atoms with van der Waals surface area (Å²) in [5, 5.41) is 10.9. The molecule has 1 rings (SSSR count). The van der Waals surface area contributed by atoms with Crippen molar-refractivity contribution in [1.29, 1.82) is 0 Å². The molecule has 0 bridgehead atoms. The molecule has 1 atom stereocenters. The lowest BCUT2D eigenvalue weighted by Gasteiger charge is -2.30. The summed E-state index contributed by atoms with van der Waals surface area (Å²) < 4.78 is 0. The van der Waals surface area contributed by atoms with Gasteiger partial charge >= 0.3 is 12.0 Å². The molecule has 0 saturated carbocycles. The Kier molecular flexibility index (Phi) is 3.83. The van der Waals surface area contributed by atoms with Crippen molar-refractivity contribution in [2.45, 2.75) is 32.4 Å². The zero-order valence-corrected chi connectivity index (χ0v) is 11.3. The van der Waals surface area contributed by atoms with E-state index in [1.54, 1.807) is 0 Å². The highest BCUT2D eigenvalue weighted by Crippen LogP contribution is 2.20. The van der Waals surface area contributed by atoms with E-state index in [2.05, 4.69) is 5.32 Å². The number of hydrogen-bond donors (Lipinski definition) is 2. The molecule has 1 heterocycles. The minimum absolute atomic E-state index is 0.349. The van der Waals surface area contributed by atoms with E-state index < -0.39 is 35.4 Å². The Balaban J connectivity index is 2.80. The number of rotatable bonds is 4. The summed E-state index contributed by atoms with van der Waals surface area (Å²) in [6.45, 7) is 4.04. The molecular weight excluding hydrogens is 254 g/mol. The molecule has 2 N–H and O–H groups in total. The van der Waals surface area contributed by atoms with Gasteiger partial charge in [0.05, 0.1) is 0 Å². The summed E-state index contributed by atoms with van der Waals surface area (Å²) in [5.74, 6) is -2.18. The Hall–Kier alpha value is -2.12. The molecule has 0 spiro atoms. The SMILES string of the molecule is C[C@H](C(=O)O)N(C)C(=O)CN1C(=O)NC(=O)C1(C)C. The van der Waals surface area contributed by atoms with E-state index in [9.17, 15) is 19.2 Å². The Morgan fingerprint density at radius 1 is 1.42 bits per heavy atom. The second kappa shape index (κ2) is 4.87. The van der Waals surface area contributed by atoms with Crippen LogP contribution in [0.25, 0.3) is 0 Å².